The van der Waals surface area contributed by atoms with Crippen molar-refractivity contribution in [2.75, 3.05) is 0 Å². The van der Waals surface area contributed by atoms with Crippen LogP contribution in [0.1, 0.15) is 98.3 Å². The summed E-state index contributed by atoms with van der Waals surface area (Å²) in [6.07, 6.45) is 14.9. The maximum absolute atomic E-state index is 11.0. The fourth-order valence-corrected chi connectivity index (χ4v) is 2.29. The molecule has 1 atom stereocenters. The summed E-state index contributed by atoms with van der Waals surface area (Å²) in [4.78, 5) is 21.2. The first-order chi connectivity index (χ1) is 11.8. The molecule has 0 aliphatic heterocycles. The van der Waals surface area contributed by atoms with Crippen molar-refractivity contribution in [3.63, 3.8) is 0 Å². The second kappa shape index (κ2) is 19.0. The first-order valence-electron chi connectivity index (χ1n) is 9.82. The van der Waals surface area contributed by atoms with Gasteiger partial charge in [0.1, 0.15) is 12.2 Å². The summed E-state index contributed by atoms with van der Waals surface area (Å²) in [6, 6.07) is 0. The van der Waals surface area contributed by atoms with Gasteiger partial charge in [0.25, 0.3) is 0 Å². The standard InChI is InChI=1S/C12H22O3.C10H18/c1-2-3-4-5-6-7-8-9-11(13)10-12(14)15;1-5-10(4)8-6-7-9(2)3/h2-10H2,1H3,(H,14,15);5,7,10H,1,6,8H2,2-4H3. The highest BCUT2D eigenvalue weighted by Gasteiger charge is 2.06. The Morgan fingerprint density at radius 1 is 1.04 bits per heavy atom. The molecule has 3 heteroatoms. The highest BCUT2D eigenvalue weighted by Crippen LogP contribution is 2.09. The number of hydrogen-bond donors (Lipinski definition) is 1. The van der Waals surface area contributed by atoms with Crippen LogP contribution in [0.5, 0.6) is 0 Å². The van der Waals surface area contributed by atoms with Crippen LogP contribution in [0, 0.1) is 5.92 Å². The van der Waals surface area contributed by atoms with Gasteiger partial charge in [-0.25, -0.2) is 0 Å². The first kappa shape index (κ1) is 25.9. The lowest BCUT2D eigenvalue weighted by Crippen LogP contribution is -2.05. The third-order valence-corrected chi connectivity index (χ3v) is 3.98. The Balaban J connectivity index is 0. The van der Waals surface area contributed by atoms with E-state index >= 15 is 0 Å². The number of carbonyl (C=O) groups excluding carboxylic acids is 1. The molecule has 0 aromatic heterocycles. The zero-order chi connectivity index (χ0) is 19.5. The van der Waals surface area contributed by atoms with E-state index in [1.807, 2.05) is 6.08 Å². The van der Waals surface area contributed by atoms with E-state index in [1.54, 1.807) is 0 Å². The van der Waals surface area contributed by atoms with Crippen LogP contribution in [0.25, 0.3) is 0 Å². The topological polar surface area (TPSA) is 54.4 Å². The predicted molar refractivity (Wildman–Crippen MR) is 108 cm³/mol. The van der Waals surface area contributed by atoms with Crippen LogP contribution in [0.2, 0.25) is 0 Å². The molecule has 0 radical (unpaired) electrons. The van der Waals surface area contributed by atoms with Crippen molar-refractivity contribution in [1.82, 2.24) is 0 Å². The van der Waals surface area contributed by atoms with Crippen molar-refractivity contribution in [2.24, 2.45) is 5.92 Å². The van der Waals surface area contributed by atoms with Crippen LogP contribution in [0.3, 0.4) is 0 Å². The molecule has 146 valence electrons. The second-order valence-electron chi connectivity index (χ2n) is 7.05. The molecule has 0 saturated carbocycles. The number of hydrogen-bond acceptors (Lipinski definition) is 2. The minimum Gasteiger partial charge on any atom is -0.481 e. The van der Waals surface area contributed by atoms with E-state index in [-0.39, 0.29) is 12.2 Å². The van der Waals surface area contributed by atoms with Crippen molar-refractivity contribution in [3.8, 4) is 0 Å². The second-order valence-corrected chi connectivity index (χ2v) is 7.05. The van der Waals surface area contributed by atoms with E-state index < -0.39 is 5.97 Å². The fourth-order valence-electron chi connectivity index (χ4n) is 2.29. The van der Waals surface area contributed by atoms with E-state index in [0.717, 1.165) is 12.8 Å². The summed E-state index contributed by atoms with van der Waals surface area (Å²) < 4.78 is 0. The summed E-state index contributed by atoms with van der Waals surface area (Å²) in [7, 11) is 0. The molecule has 3 nitrogen and oxygen atoms in total. The molecule has 0 aromatic carbocycles. The minimum atomic E-state index is -1.01. The van der Waals surface area contributed by atoms with Crippen LogP contribution >= 0.6 is 0 Å². The van der Waals surface area contributed by atoms with E-state index in [4.69, 9.17) is 5.11 Å². The normalized spacial score (nSPS) is 11.0. The molecule has 0 amide bonds. The molecular weight excluding hydrogens is 312 g/mol. The summed E-state index contributed by atoms with van der Waals surface area (Å²) in [5, 5.41) is 8.36. The number of rotatable bonds is 14. The lowest BCUT2D eigenvalue weighted by atomic mass is 10.1. The Morgan fingerprint density at radius 3 is 2.08 bits per heavy atom. The quantitative estimate of drug-likeness (QED) is 0.214. The monoisotopic (exact) mass is 352 g/mol. The average Bonchev–Trinajstić information content (AvgIpc) is 2.53. The van der Waals surface area contributed by atoms with Crippen LogP contribution in [-0.2, 0) is 9.59 Å². The molecule has 0 saturated heterocycles. The molecule has 0 spiro atoms. The lowest BCUT2D eigenvalue weighted by Gasteiger charge is -2.01. The van der Waals surface area contributed by atoms with Crippen molar-refractivity contribution in [3.05, 3.63) is 24.3 Å². The van der Waals surface area contributed by atoms with Gasteiger partial charge in [-0.3, -0.25) is 9.59 Å². The number of carboxylic acid groups (broad SMARTS) is 1. The third-order valence-electron chi connectivity index (χ3n) is 3.98. The van der Waals surface area contributed by atoms with Gasteiger partial charge in [0.2, 0.25) is 0 Å². The Labute approximate surface area is 155 Å². The Bertz CT molecular complexity index is 379. The maximum Gasteiger partial charge on any atom is 0.310 e. The summed E-state index contributed by atoms with van der Waals surface area (Å²) >= 11 is 0. The smallest absolute Gasteiger partial charge is 0.310 e. The first-order valence-corrected chi connectivity index (χ1v) is 9.82. The molecule has 0 aliphatic carbocycles. The minimum absolute atomic E-state index is 0.143. The van der Waals surface area contributed by atoms with E-state index in [2.05, 4.69) is 40.3 Å². The van der Waals surface area contributed by atoms with Crippen LogP contribution in [-0.4, -0.2) is 16.9 Å². The molecule has 0 bridgehead atoms. The number of ketones is 1. The van der Waals surface area contributed by atoms with Crippen molar-refractivity contribution in [1.29, 1.82) is 0 Å². The number of allylic oxidation sites excluding steroid dienone is 3. The van der Waals surface area contributed by atoms with Gasteiger partial charge >= 0.3 is 5.97 Å². The molecule has 25 heavy (non-hydrogen) atoms. The molecule has 0 heterocycles. The van der Waals surface area contributed by atoms with Crippen LogP contribution < -0.4 is 0 Å². The number of aliphatic carboxylic acids is 1. The Kier molecular flexibility index (Phi) is 19.6. The summed E-state index contributed by atoms with van der Waals surface area (Å²) in [5.74, 6) is -0.491. The van der Waals surface area contributed by atoms with Gasteiger partial charge in [-0.05, 0) is 39.0 Å². The largest absolute Gasteiger partial charge is 0.481 e. The molecule has 1 N–H and O–H groups in total. The number of carbonyl (C=O) groups is 2. The fraction of sp³-hybridized carbons (Fsp3) is 0.727. The Morgan fingerprint density at radius 2 is 1.60 bits per heavy atom. The summed E-state index contributed by atoms with van der Waals surface area (Å²) in [6.45, 7) is 12.4. The van der Waals surface area contributed by atoms with Gasteiger partial charge in [0.15, 0.2) is 0 Å². The van der Waals surface area contributed by atoms with Gasteiger partial charge in [0, 0.05) is 6.42 Å². The number of carboxylic acids is 1. The van der Waals surface area contributed by atoms with Crippen molar-refractivity contribution >= 4 is 11.8 Å². The van der Waals surface area contributed by atoms with Gasteiger partial charge in [-0.1, -0.05) is 70.1 Å². The van der Waals surface area contributed by atoms with E-state index in [9.17, 15) is 9.59 Å². The van der Waals surface area contributed by atoms with Crippen LogP contribution in [0.15, 0.2) is 24.3 Å². The highest BCUT2D eigenvalue weighted by molar-refractivity contribution is 5.94. The van der Waals surface area contributed by atoms with E-state index in [0.29, 0.717) is 12.3 Å². The lowest BCUT2D eigenvalue weighted by molar-refractivity contribution is -0.140. The summed E-state index contributed by atoms with van der Waals surface area (Å²) in [5.41, 5.74) is 1.41. The molecule has 0 aliphatic rings. The Hall–Kier alpha value is -1.38. The van der Waals surface area contributed by atoms with Gasteiger partial charge in [-0.2, -0.15) is 0 Å². The zero-order valence-corrected chi connectivity index (χ0v) is 17.0. The van der Waals surface area contributed by atoms with Crippen LogP contribution in [0.4, 0.5) is 0 Å². The number of Topliss-reactive ketones (excluding diaryl/α,β-unsaturated/α-hetero) is 1. The van der Waals surface area contributed by atoms with Gasteiger partial charge in [0.05, 0.1) is 0 Å². The molecular formula is C22H40O3. The van der Waals surface area contributed by atoms with Gasteiger partial charge in [-0.15, -0.1) is 6.58 Å². The molecule has 0 rings (SSSR count). The maximum atomic E-state index is 11.0. The molecule has 0 fully saturated rings. The van der Waals surface area contributed by atoms with Crippen molar-refractivity contribution < 1.29 is 14.7 Å². The zero-order valence-electron chi connectivity index (χ0n) is 17.0. The highest BCUT2D eigenvalue weighted by atomic mass is 16.4. The predicted octanol–water partition coefficient (Wildman–Crippen LogP) is 6.73. The van der Waals surface area contributed by atoms with Gasteiger partial charge < -0.3 is 5.11 Å². The average molecular weight is 353 g/mol. The third kappa shape index (κ3) is 25.0. The number of unbranched alkanes of at least 4 members (excludes halogenated alkanes) is 6. The van der Waals surface area contributed by atoms with E-state index in [1.165, 1.54) is 50.5 Å². The SMILES string of the molecule is C=CC(C)CCC=C(C)C.CCCCCCCCCC(=O)CC(=O)O. The molecule has 1 unspecified atom stereocenters. The van der Waals surface area contributed by atoms with Crippen molar-refractivity contribution in [2.45, 2.75) is 98.3 Å². The molecule has 0 aromatic rings.